The first-order valence-electron chi connectivity index (χ1n) is 4.67. The van der Waals surface area contributed by atoms with Crippen LogP contribution in [0.15, 0.2) is 25.3 Å². The molecular weight excluding hydrogens is 244 g/mol. The van der Waals surface area contributed by atoms with E-state index in [1.807, 2.05) is 19.0 Å². The lowest BCUT2D eigenvalue weighted by Crippen LogP contribution is -2.19. The number of hydrogen-bond donors (Lipinski definition) is 1. The highest BCUT2D eigenvalue weighted by atomic mass is 35.5. The molecule has 0 atom stereocenters. The van der Waals surface area contributed by atoms with Crippen molar-refractivity contribution in [2.24, 2.45) is 5.73 Å². The molecule has 0 aliphatic rings. The zero-order valence-corrected chi connectivity index (χ0v) is 11.4. The summed E-state index contributed by atoms with van der Waals surface area (Å²) in [7, 11) is 3.84. The normalized spacial score (nSPS) is 7.82. The van der Waals surface area contributed by atoms with Crippen molar-refractivity contribution in [3.8, 4) is 0 Å². The van der Waals surface area contributed by atoms with E-state index in [1.54, 1.807) is 0 Å². The summed E-state index contributed by atoms with van der Waals surface area (Å²) < 4.78 is 4.70. The fourth-order valence-corrected chi connectivity index (χ4v) is 0.388. The van der Waals surface area contributed by atoms with Crippen LogP contribution in [0, 0.1) is 0 Å². The van der Waals surface area contributed by atoms with Crippen molar-refractivity contribution >= 4 is 23.5 Å². The first-order chi connectivity index (χ1) is 7.93. The molecule has 0 saturated carbocycles. The van der Waals surface area contributed by atoms with Crippen molar-refractivity contribution < 1.29 is 14.3 Å². The van der Waals surface area contributed by atoms with Gasteiger partial charge in [0.2, 0.25) is 5.91 Å². The predicted octanol–water partition coefficient (Wildman–Crippen LogP) is 0.790. The highest BCUT2D eigenvalue weighted by Crippen LogP contribution is 1.80. The summed E-state index contributed by atoms with van der Waals surface area (Å²) in [6.07, 6.45) is 3.69. The van der Waals surface area contributed by atoms with Crippen molar-refractivity contribution in [1.29, 1.82) is 0 Å². The second kappa shape index (κ2) is 17.1. The summed E-state index contributed by atoms with van der Waals surface area (Å²) >= 11 is 4.64. The Labute approximate surface area is 108 Å². The van der Waals surface area contributed by atoms with Crippen LogP contribution >= 0.6 is 11.6 Å². The van der Waals surface area contributed by atoms with E-state index < -0.39 is 5.91 Å². The number of carbonyl (C=O) groups is 2. The Hall–Kier alpha value is -1.33. The summed E-state index contributed by atoms with van der Waals surface area (Å²) in [6, 6.07) is 0. The number of amides is 1. The third-order valence-electron chi connectivity index (χ3n) is 1.15. The van der Waals surface area contributed by atoms with Crippen molar-refractivity contribution in [1.82, 2.24) is 4.90 Å². The first-order valence-corrected chi connectivity index (χ1v) is 5.43. The fraction of sp³-hybridized carbons (Fsp3) is 0.455. The Balaban J connectivity index is -0.000000236. The number of esters is 1. The van der Waals surface area contributed by atoms with Crippen LogP contribution in [-0.2, 0) is 14.3 Å². The third kappa shape index (κ3) is 31.3. The Morgan fingerprint density at radius 3 is 1.94 bits per heavy atom. The standard InChI is InChI=1S/C7H13NO2.C3H5NO.CH3Cl/c1-4-7(9)10-6-5-8(2)3;1-2-3(4)5;1-2/h4H,1,5-6H2,2-3H3;2H,1H2,(H2,4,5);1H3. The zero-order valence-electron chi connectivity index (χ0n) is 10.6. The van der Waals surface area contributed by atoms with E-state index in [9.17, 15) is 9.59 Å². The molecule has 0 saturated heterocycles. The molecule has 0 radical (unpaired) electrons. The van der Waals surface area contributed by atoms with Crippen LogP contribution in [0.2, 0.25) is 0 Å². The lowest BCUT2D eigenvalue weighted by atomic mass is 10.6. The molecule has 100 valence electrons. The van der Waals surface area contributed by atoms with E-state index in [-0.39, 0.29) is 5.97 Å². The molecule has 0 aliphatic carbocycles. The summed E-state index contributed by atoms with van der Waals surface area (Å²) in [4.78, 5) is 21.8. The third-order valence-corrected chi connectivity index (χ3v) is 1.15. The van der Waals surface area contributed by atoms with Gasteiger partial charge in [-0.05, 0) is 20.2 Å². The number of carbonyl (C=O) groups excluding carboxylic acids is 2. The second-order valence-electron chi connectivity index (χ2n) is 2.78. The predicted molar refractivity (Wildman–Crippen MR) is 70.9 cm³/mol. The van der Waals surface area contributed by atoms with Gasteiger partial charge in [0.1, 0.15) is 6.61 Å². The number of likely N-dealkylation sites (N-methyl/N-ethyl adjacent to an activating group) is 1. The van der Waals surface area contributed by atoms with Crippen LogP contribution in [0.5, 0.6) is 0 Å². The average Bonchev–Trinajstić information content (AvgIpc) is 2.31. The van der Waals surface area contributed by atoms with Gasteiger partial charge in [0.25, 0.3) is 0 Å². The van der Waals surface area contributed by atoms with E-state index in [1.165, 1.54) is 6.38 Å². The molecule has 0 fully saturated rings. The van der Waals surface area contributed by atoms with Gasteiger partial charge in [-0.15, -0.1) is 11.6 Å². The Kier molecular flexibility index (Phi) is 21.1. The van der Waals surface area contributed by atoms with Crippen LogP contribution in [-0.4, -0.2) is 50.4 Å². The lowest BCUT2D eigenvalue weighted by molar-refractivity contribution is -0.138. The maximum Gasteiger partial charge on any atom is 0.330 e. The molecule has 0 spiro atoms. The molecule has 0 unspecified atom stereocenters. The van der Waals surface area contributed by atoms with Gasteiger partial charge in [0.15, 0.2) is 0 Å². The first kappa shape index (κ1) is 21.0. The van der Waals surface area contributed by atoms with Crippen molar-refractivity contribution in [2.45, 2.75) is 0 Å². The van der Waals surface area contributed by atoms with Gasteiger partial charge in [-0.25, -0.2) is 4.79 Å². The topological polar surface area (TPSA) is 72.6 Å². The second-order valence-corrected chi connectivity index (χ2v) is 2.78. The minimum absolute atomic E-state index is 0.359. The van der Waals surface area contributed by atoms with E-state index in [0.717, 1.165) is 18.7 Å². The van der Waals surface area contributed by atoms with Gasteiger partial charge in [-0.1, -0.05) is 13.2 Å². The smallest absolute Gasteiger partial charge is 0.330 e. The van der Waals surface area contributed by atoms with Gasteiger partial charge in [-0.2, -0.15) is 0 Å². The molecule has 2 N–H and O–H groups in total. The molecule has 1 amide bonds. The average molecular weight is 265 g/mol. The van der Waals surface area contributed by atoms with Gasteiger partial charge >= 0.3 is 5.97 Å². The number of hydrogen-bond acceptors (Lipinski definition) is 4. The molecule has 0 aromatic rings. The summed E-state index contributed by atoms with van der Waals surface area (Å²) in [6.45, 7) is 7.53. The van der Waals surface area contributed by atoms with Gasteiger partial charge in [-0.3, -0.25) is 4.79 Å². The SMILES string of the molecule is C=CC(=O)OCCN(C)C.C=CC(N)=O.CCl. The van der Waals surface area contributed by atoms with E-state index in [4.69, 9.17) is 4.74 Å². The molecule has 0 rings (SSSR count). The highest BCUT2D eigenvalue weighted by molar-refractivity contribution is 6.15. The molecule has 0 bridgehead atoms. The minimum Gasteiger partial charge on any atom is -0.461 e. The highest BCUT2D eigenvalue weighted by Gasteiger charge is 1.94. The number of primary amides is 1. The van der Waals surface area contributed by atoms with Crippen LogP contribution in [0.3, 0.4) is 0 Å². The van der Waals surface area contributed by atoms with Crippen LogP contribution < -0.4 is 5.73 Å². The molecule has 17 heavy (non-hydrogen) atoms. The number of nitrogens with two attached hydrogens (primary N) is 1. The van der Waals surface area contributed by atoms with Gasteiger partial charge < -0.3 is 15.4 Å². The number of nitrogens with zero attached hydrogens (tertiary/aromatic N) is 1. The van der Waals surface area contributed by atoms with Crippen LogP contribution in [0.1, 0.15) is 0 Å². The summed E-state index contributed by atoms with van der Waals surface area (Å²) in [5.41, 5.74) is 4.53. The molecule has 0 aromatic heterocycles. The molecular formula is C11H21ClN2O3. The van der Waals surface area contributed by atoms with Crippen LogP contribution in [0.25, 0.3) is 0 Å². The Morgan fingerprint density at radius 1 is 1.29 bits per heavy atom. The van der Waals surface area contributed by atoms with Gasteiger partial charge in [0.05, 0.1) is 0 Å². The maximum atomic E-state index is 10.4. The Morgan fingerprint density at radius 2 is 1.71 bits per heavy atom. The molecule has 6 heteroatoms. The molecule has 0 heterocycles. The number of alkyl halides is 1. The Bertz CT molecular complexity index is 231. The zero-order chi connectivity index (χ0) is 14.3. The van der Waals surface area contributed by atoms with E-state index >= 15 is 0 Å². The summed E-state index contributed by atoms with van der Waals surface area (Å²) in [5, 5.41) is 0. The number of halogens is 1. The largest absolute Gasteiger partial charge is 0.461 e. The number of ether oxygens (including phenoxy) is 1. The monoisotopic (exact) mass is 264 g/mol. The van der Waals surface area contributed by atoms with E-state index in [0.29, 0.717) is 6.61 Å². The quantitative estimate of drug-likeness (QED) is 0.453. The maximum absolute atomic E-state index is 10.4. The fourth-order valence-electron chi connectivity index (χ4n) is 0.388. The molecule has 0 aliphatic heterocycles. The van der Waals surface area contributed by atoms with Crippen molar-refractivity contribution in [3.05, 3.63) is 25.3 Å². The minimum atomic E-state index is -0.481. The molecule has 0 aromatic carbocycles. The lowest BCUT2D eigenvalue weighted by Gasteiger charge is -2.07. The van der Waals surface area contributed by atoms with E-state index in [2.05, 4.69) is 30.5 Å². The van der Waals surface area contributed by atoms with Crippen molar-refractivity contribution in [3.63, 3.8) is 0 Å². The van der Waals surface area contributed by atoms with Gasteiger partial charge in [0, 0.05) is 19.0 Å². The van der Waals surface area contributed by atoms with Crippen LogP contribution in [0.4, 0.5) is 0 Å². The molecule has 5 nitrogen and oxygen atoms in total. The van der Waals surface area contributed by atoms with Crippen molar-refractivity contribution in [2.75, 3.05) is 33.6 Å². The number of rotatable bonds is 5. The summed E-state index contributed by atoms with van der Waals surface area (Å²) in [5.74, 6) is -0.841.